The first kappa shape index (κ1) is 15.7. The second-order valence-electron chi connectivity index (χ2n) is 6.57. The predicted molar refractivity (Wildman–Crippen MR) is 98.2 cm³/mol. The second kappa shape index (κ2) is 6.60. The van der Waals surface area contributed by atoms with Crippen LogP contribution < -0.4 is 4.74 Å². The van der Waals surface area contributed by atoms with E-state index in [-0.39, 0.29) is 5.92 Å². The number of pyridine rings is 1. The Bertz CT molecular complexity index is 859. The number of ether oxygens (including phenoxy) is 1. The number of hydrogen-bond acceptors (Lipinski definition) is 3. The van der Waals surface area contributed by atoms with Crippen LogP contribution in [0, 0.1) is 0 Å². The third-order valence-corrected chi connectivity index (χ3v) is 5.18. The first-order chi connectivity index (χ1) is 12.3. The Morgan fingerprint density at radius 1 is 1.04 bits per heavy atom. The lowest BCUT2D eigenvalue weighted by molar-refractivity contribution is 0.412. The molecule has 3 heteroatoms. The molecule has 1 aliphatic carbocycles. The van der Waals surface area contributed by atoms with Gasteiger partial charge in [0, 0.05) is 18.3 Å². The first-order valence-corrected chi connectivity index (χ1v) is 8.62. The van der Waals surface area contributed by atoms with Crippen LogP contribution in [0.15, 0.2) is 67.0 Å². The monoisotopic (exact) mass is 331 g/mol. The summed E-state index contributed by atoms with van der Waals surface area (Å²) >= 11 is 0. The molecule has 0 spiro atoms. The number of methoxy groups -OCH3 is 1. The van der Waals surface area contributed by atoms with Crippen molar-refractivity contribution in [1.82, 2.24) is 4.98 Å². The smallest absolute Gasteiger partial charge is 0.119 e. The SMILES string of the molecule is COc1ccc2c(c1)CC[C@H](c1cccnc1)[C@@H]2c1ccc(O)cc1. The number of hydrogen-bond donors (Lipinski definition) is 1. The first-order valence-electron chi connectivity index (χ1n) is 8.62. The van der Waals surface area contributed by atoms with E-state index >= 15 is 0 Å². The number of benzene rings is 2. The van der Waals surface area contributed by atoms with Gasteiger partial charge in [-0.2, -0.15) is 0 Å². The van der Waals surface area contributed by atoms with Crippen LogP contribution in [0.5, 0.6) is 11.5 Å². The van der Waals surface area contributed by atoms with E-state index < -0.39 is 0 Å². The molecule has 1 aromatic heterocycles. The van der Waals surface area contributed by atoms with E-state index in [0.29, 0.717) is 11.7 Å². The number of rotatable bonds is 3. The van der Waals surface area contributed by atoms with E-state index in [1.807, 2.05) is 36.7 Å². The van der Waals surface area contributed by atoms with Gasteiger partial charge < -0.3 is 9.84 Å². The lowest BCUT2D eigenvalue weighted by Crippen LogP contribution is -2.20. The normalized spacial score (nSPS) is 19.2. The summed E-state index contributed by atoms with van der Waals surface area (Å²) in [5.74, 6) is 1.83. The molecule has 2 aromatic carbocycles. The molecule has 3 nitrogen and oxygen atoms in total. The van der Waals surface area contributed by atoms with E-state index in [1.54, 1.807) is 19.2 Å². The van der Waals surface area contributed by atoms with Gasteiger partial charge >= 0.3 is 0 Å². The number of phenolic OH excluding ortho intramolecular Hbond substituents is 1. The summed E-state index contributed by atoms with van der Waals surface area (Å²) in [5, 5.41) is 9.68. The summed E-state index contributed by atoms with van der Waals surface area (Å²) < 4.78 is 5.41. The Morgan fingerprint density at radius 3 is 2.60 bits per heavy atom. The number of phenols is 1. The van der Waals surface area contributed by atoms with Crippen LogP contribution in [0.25, 0.3) is 0 Å². The maximum Gasteiger partial charge on any atom is 0.119 e. The third-order valence-electron chi connectivity index (χ3n) is 5.18. The molecule has 0 bridgehead atoms. The van der Waals surface area contributed by atoms with Crippen molar-refractivity contribution in [2.75, 3.05) is 7.11 Å². The lowest BCUT2D eigenvalue weighted by atomic mass is 9.69. The molecule has 0 amide bonds. The molecule has 0 radical (unpaired) electrons. The number of aromatic hydroxyl groups is 1. The zero-order chi connectivity index (χ0) is 17.2. The van der Waals surface area contributed by atoms with Gasteiger partial charge in [0.25, 0.3) is 0 Å². The largest absolute Gasteiger partial charge is 0.508 e. The van der Waals surface area contributed by atoms with E-state index in [4.69, 9.17) is 4.74 Å². The molecular formula is C22H21NO2. The lowest BCUT2D eigenvalue weighted by Gasteiger charge is -2.34. The van der Waals surface area contributed by atoms with Gasteiger partial charge in [-0.3, -0.25) is 4.98 Å². The number of aryl methyl sites for hydroxylation is 1. The van der Waals surface area contributed by atoms with Crippen molar-refractivity contribution < 1.29 is 9.84 Å². The molecule has 126 valence electrons. The van der Waals surface area contributed by atoms with E-state index in [9.17, 15) is 5.11 Å². The van der Waals surface area contributed by atoms with Crippen molar-refractivity contribution in [1.29, 1.82) is 0 Å². The quantitative estimate of drug-likeness (QED) is 0.759. The fourth-order valence-electron chi connectivity index (χ4n) is 3.97. The molecule has 4 rings (SSSR count). The highest BCUT2D eigenvalue weighted by Crippen LogP contribution is 2.46. The number of nitrogens with zero attached hydrogens (tertiary/aromatic N) is 1. The van der Waals surface area contributed by atoms with Crippen LogP contribution >= 0.6 is 0 Å². The van der Waals surface area contributed by atoms with Gasteiger partial charge in [-0.1, -0.05) is 24.3 Å². The van der Waals surface area contributed by atoms with Crippen molar-refractivity contribution in [3.8, 4) is 11.5 Å². The summed E-state index contributed by atoms with van der Waals surface area (Å²) in [5.41, 5.74) is 5.17. The number of fused-ring (bicyclic) bond motifs is 1. The molecular weight excluding hydrogens is 310 g/mol. The Morgan fingerprint density at radius 2 is 1.88 bits per heavy atom. The van der Waals surface area contributed by atoms with Crippen LogP contribution in [-0.2, 0) is 6.42 Å². The predicted octanol–water partition coefficient (Wildman–Crippen LogP) is 4.66. The van der Waals surface area contributed by atoms with Gasteiger partial charge in [0.1, 0.15) is 11.5 Å². The van der Waals surface area contributed by atoms with Gasteiger partial charge in [0.15, 0.2) is 0 Å². The zero-order valence-electron chi connectivity index (χ0n) is 14.2. The van der Waals surface area contributed by atoms with E-state index in [0.717, 1.165) is 18.6 Å². The number of aromatic nitrogens is 1. The highest BCUT2D eigenvalue weighted by Gasteiger charge is 2.32. The Kier molecular flexibility index (Phi) is 4.14. The van der Waals surface area contributed by atoms with E-state index in [2.05, 4.69) is 23.2 Å². The fraction of sp³-hybridized carbons (Fsp3) is 0.227. The van der Waals surface area contributed by atoms with Gasteiger partial charge in [0.05, 0.1) is 7.11 Å². The third kappa shape index (κ3) is 2.98. The zero-order valence-corrected chi connectivity index (χ0v) is 14.2. The van der Waals surface area contributed by atoms with E-state index in [1.165, 1.54) is 22.3 Å². The molecule has 0 aliphatic heterocycles. The standard InChI is InChI=1S/C22H21NO2/c1-25-19-9-11-20-16(13-19)6-10-21(17-3-2-12-23-14-17)22(20)15-4-7-18(24)8-5-15/h2-5,7-9,11-14,21-22,24H,6,10H2,1H3/t21-,22-/m1/s1. The fourth-order valence-corrected chi connectivity index (χ4v) is 3.97. The summed E-state index contributed by atoms with van der Waals surface area (Å²) in [6, 6.07) is 18.2. The molecule has 25 heavy (non-hydrogen) atoms. The molecule has 0 saturated heterocycles. The van der Waals surface area contributed by atoms with Gasteiger partial charge in [-0.15, -0.1) is 0 Å². The van der Waals surface area contributed by atoms with Crippen LogP contribution in [0.3, 0.4) is 0 Å². The molecule has 3 aromatic rings. The van der Waals surface area contributed by atoms with Gasteiger partial charge in [-0.25, -0.2) is 0 Å². The maximum atomic E-state index is 9.68. The molecule has 0 saturated carbocycles. The summed E-state index contributed by atoms with van der Waals surface area (Å²) in [6.07, 6.45) is 5.89. The Balaban J connectivity index is 1.84. The molecule has 1 heterocycles. The molecule has 1 N–H and O–H groups in total. The highest BCUT2D eigenvalue weighted by atomic mass is 16.5. The highest BCUT2D eigenvalue weighted by molar-refractivity contribution is 5.48. The maximum absolute atomic E-state index is 9.68. The molecule has 2 atom stereocenters. The van der Waals surface area contributed by atoms with Crippen LogP contribution in [-0.4, -0.2) is 17.2 Å². The van der Waals surface area contributed by atoms with Crippen molar-refractivity contribution in [3.05, 3.63) is 89.2 Å². The summed E-state index contributed by atoms with van der Waals surface area (Å²) in [6.45, 7) is 0. The minimum absolute atomic E-state index is 0.249. The minimum atomic E-state index is 0.249. The van der Waals surface area contributed by atoms with Crippen molar-refractivity contribution in [3.63, 3.8) is 0 Å². The second-order valence-corrected chi connectivity index (χ2v) is 6.57. The Labute approximate surface area is 147 Å². The van der Waals surface area contributed by atoms with Crippen LogP contribution in [0.4, 0.5) is 0 Å². The summed E-state index contributed by atoms with van der Waals surface area (Å²) in [7, 11) is 1.71. The van der Waals surface area contributed by atoms with Crippen LogP contribution in [0.2, 0.25) is 0 Å². The van der Waals surface area contributed by atoms with Crippen LogP contribution in [0.1, 0.15) is 40.5 Å². The molecule has 0 fully saturated rings. The average molecular weight is 331 g/mol. The average Bonchev–Trinajstić information content (AvgIpc) is 2.68. The van der Waals surface area contributed by atoms with Gasteiger partial charge in [-0.05, 0) is 71.3 Å². The molecule has 0 unspecified atom stereocenters. The Hall–Kier alpha value is -2.81. The minimum Gasteiger partial charge on any atom is -0.508 e. The van der Waals surface area contributed by atoms with Crippen molar-refractivity contribution in [2.45, 2.75) is 24.7 Å². The topological polar surface area (TPSA) is 42.4 Å². The van der Waals surface area contributed by atoms with Crippen molar-refractivity contribution in [2.24, 2.45) is 0 Å². The summed E-state index contributed by atoms with van der Waals surface area (Å²) in [4.78, 5) is 4.33. The molecule has 1 aliphatic rings. The van der Waals surface area contributed by atoms with Crippen molar-refractivity contribution >= 4 is 0 Å². The van der Waals surface area contributed by atoms with Gasteiger partial charge in [0.2, 0.25) is 0 Å².